The van der Waals surface area contributed by atoms with Gasteiger partial charge in [-0.2, -0.15) is 5.26 Å². The first-order valence-electron chi connectivity index (χ1n) is 9.96. The normalized spacial score (nSPS) is 18.8. The van der Waals surface area contributed by atoms with Crippen molar-refractivity contribution in [2.75, 3.05) is 0 Å². The lowest BCUT2D eigenvalue weighted by Gasteiger charge is -2.29. The Hall–Kier alpha value is -3.99. The molecule has 2 aliphatic rings. The summed E-state index contributed by atoms with van der Waals surface area (Å²) in [7, 11) is 0. The van der Waals surface area contributed by atoms with E-state index in [0.717, 1.165) is 5.56 Å². The Labute approximate surface area is 178 Å². The second-order valence-electron chi connectivity index (χ2n) is 7.70. The maximum Gasteiger partial charge on any atom is 0.255 e. The van der Waals surface area contributed by atoms with Crippen LogP contribution in [-0.4, -0.2) is 34.6 Å². The molecule has 0 bridgehead atoms. The van der Waals surface area contributed by atoms with Crippen LogP contribution in [0.5, 0.6) is 0 Å². The third-order valence-corrected chi connectivity index (χ3v) is 5.65. The van der Waals surface area contributed by atoms with Gasteiger partial charge in [-0.25, -0.2) is 0 Å². The minimum absolute atomic E-state index is 0.190. The summed E-state index contributed by atoms with van der Waals surface area (Å²) in [5.74, 6) is -1.38. The number of carbonyl (C=O) groups is 4. The molecule has 2 atom stereocenters. The smallest absolute Gasteiger partial charge is 0.255 e. The average Bonchev–Trinajstić information content (AvgIpc) is 3.09. The number of fused-ring (bicyclic) bond motifs is 1. The molecule has 2 N–H and O–H groups in total. The van der Waals surface area contributed by atoms with Crippen LogP contribution in [0.3, 0.4) is 0 Å². The number of nitriles is 1. The average molecular weight is 416 g/mol. The Balaban J connectivity index is 1.49. The first-order chi connectivity index (χ1) is 14.9. The molecule has 1 saturated heterocycles. The molecule has 0 radical (unpaired) electrons. The fourth-order valence-corrected chi connectivity index (χ4v) is 3.96. The van der Waals surface area contributed by atoms with Crippen LogP contribution in [0.4, 0.5) is 0 Å². The predicted octanol–water partition coefficient (Wildman–Crippen LogP) is 1.81. The topological polar surface area (TPSA) is 119 Å². The summed E-state index contributed by atoms with van der Waals surface area (Å²) in [5, 5.41) is 14.2. The summed E-state index contributed by atoms with van der Waals surface area (Å²) in [4.78, 5) is 50.5. The first kappa shape index (κ1) is 20.3. The van der Waals surface area contributed by atoms with Gasteiger partial charge in [0.2, 0.25) is 11.8 Å². The Morgan fingerprint density at radius 2 is 2.03 bits per heavy atom. The van der Waals surface area contributed by atoms with Crippen LogP contribution in [0.1, 0.15) is 63.2 Å². The second-order valence-corrected chi connectivity index (χ2v) is 7.70. The Kier molecular flexibility index (Phi) is 5.26. The minimum atomic E-state index is -0.692. The number of rotatable bonds is 4. The molecular weight excluding hydrogens is 396 g/mol. The number of nitrogens with one attached hydrogen (secondary N) is 2. The predicted molar refractivity (Wildman–Crippen MR) is 110 cm³/mol. The Morgan fingerprint density at radius 1 is 1.23 bits per heavy atom. The highest BCUT2D eigenvalue weighted by molar-refractivity contribution is 6.06. The van der Waals surface area contributed by atoms with E-state index in [-0.39, 0.29) is 43.1 Å². The second kappa shape index (κ2) is 8.03. The molecule has 4 rings (SSSR count). The zero-order chi connectivity index (χ0) is 22.1. The number of nitrogens with zero attached hydrogens (tertiary/aromatic N) is 2. The number of imide groups is 1. The SMILES string of the molecule is CC(NC(=O)c1ccc2c(c1)CN(C1CCC(=O)NC1=O)C2=O)c1cccc(C#N)c1. The van der Waals surface area contributed by atoms with Crippen LogP contribution >= 0.6 is 0 Å². The van der Waals surface area contributed by atoms with Crippen molar-refractivity contribution in [3.63, 3.8) is 0 Å². The molecule has 0 aliphatic carbocycles. The van der Waals surface area contributed by atoms with E-state index in [4.69, 9.17) is 5.26 Å². The number of hydrogen-bond donors (Lipinski definition) is 2. The number of carbonyl (C=O) groups excluding carboxylic acids is 4. The van der Waals surface area contributed by atoms with Crippen molar-refractivity contribution in [1.29, 1.82) is 5.26 Å². The van der Waals surface area contributed by atoms with E-state index in [9.17, 15) is 19.2 Å². The Morgan fingerprint density at radius 3 is 2.77 bits per heavy atom. The lowest BCUT2D eigenvalue weighted by atomic mass is 10.0. The lowest BCUT2D eigenvalue weighted by molar-refractivity contribution is -0.136. The van der Waals surface area contributed by atoms with Crippen molar-refractivity contribution >= 4 is 23.6 Å². The molecule has 4 amide bonds. The highest BCUT2D eigenvalue weighted by Crippen LogP contribution is 2.28. The molecule has 0 saturated carbocycles. The quantitative estimate of drug-likeness (QED) is 0.737. The van der Waals surface area contributed by atoms with E-state index >= 15 is 0 Å². The van der Waals surface area contributed by atoms with Gasteiger partial charge in [0.25, 0.3) is 11.8 Å². The number of amides is 4. The summed E-state index contributed by atoms with van der Waals surface area (Å²) in [6.45, 7) is 2.04. The molecule has 8 nitrogen and oxygen atoms in total. The van der Waals surface area contributed by atoms with Crippen LogP contribution in [0, 0.1) is 11.3 Å². The summed E-state index contributed by atoms with van der Waals surface area (Å²) in [5.41, 5.74) is 2.86. The van der Waals surface area contributed by atoms with Gasteiger partial charge in [0.1, 0.15) is 6.04 Å². The maximum absolute atomic E-state index is 12.8. The molecule has 2 aromatic carbocycles. The van der Waals surface area contributed by atoms with E-state index in [2.05, 4.69) is 16.7 Å². The molecule has 156 valence electrons. The molecule has 0 aromatic heterocycles. The summed E-state index contributed by atoms with van der Waals surface area (Å²) < 4.78 is 0. The largest absolute Gasteiger partial charge is 0.346 e. The molecule has 0 spiro atoms. The summed E-state index contributed by atoms with van der Waals surface area (Å²) >= 11 is 0. The monoisotopic (exact) mass is 416 g/mol. The number of benzene rings is 2. The van der Waals surface area contributed by atoms with Crippen LogP contribution in [-0.2, 0) is 16.1 Å². The van der Waals surface area contributed by atoms with Gasteiger partial charge in [-0.15, -0.1) is 0 Å². The molecule has 8 heteroatoms. The summed E-state index contributed by atoms with van der Waals surface area (Å²) in [6.07, 6.45) is 0.478. The van der Waals surface area contributed by atoms with Gasteiger partial charge in [-0.3, -0.25) is 24.5 Å². The fraction of sp³-hybridized carbons (Fsp3) is 0.261. The zero-order valence-electron chi connectivity index (χ0n) is 16.8. The fourth-order valence-electron chi connectivity index (χ4n) is 3.96. The van der Waals surface area contributed by atoms with Gasteiger partial charge < -0.3 is 10.2 Å². The van der Waals surface area contributed by atoms with Gasteiger partial charge in [0.15, 0.2) is 0 Å². The van der Waals surface area contributed by atoms with Crippen molar-refractivity contribution in [3.8, 4) is 6.07 Å². The van der Waals surface area contributed by atoms with Crippen LogP contribution in [0.2, 0.25) is 0 Å². The van der Waals surface area contributed by atoms with Crippen LogP contribution in [0.15, 0.2) is 42.5 Å². The lowest BCUT2D eigenvalue weighted by Crippen LogP contribution is -2.52. The van der Waals surface area contributed by atoms with E-state index in [1.165, 1.54) is 4.90 Å². The van der Waals surface area contributed by atoms with Crippen LogP contribution < -0.4 is 10.6 Å². The highest BCUT2D eigenvalue weighted by Gasteiger charge is 2.39. The number of hydrogen-bond acceptors (Lipinski definition) is 5. The first-order valence-corrected chi connectivity index (χ1v) is 9.96. The maximum atomic E-state index is 12.8. The van der Waals surface area contributed by atoms with Crippen molar-refractivity contribution in [2.24, 2.45) is 0 Å². The van der Waals surface area contributed by atoms with Gasteiger partial charge >= 0.3 is 0 Å². The van der Waals surface area contributed by atoms with Crippen molar-refractivity contribution in [3.05, 3.63) is 70.3 Å². The van der Waals surface area contributed by atoms with E-state index in [1.54, 1.807) is 36.4 Å². The molecule has 2 aromatic rings. The van der Waals surface area contributed by atoms with Gasteiger partial charge in [0.05, 0.1) is 17.7 Å². The molecular formula is C23H20N4O4. The van der Waals surface area contributed by atoms with Gasteiger partial charge in [0, 0.05) is 24.1 Å². The van der Waals surface area contributed by atoms with Gasteiger partial charge in [-0.05, 0) is 54.8 Å². The van der Waals surface area contributed by atoms with Crippen LogP contribution in [0.25, 0.3) is 0 Å². The van der Waals surface area contributed by atoms with Crippen molar-refractivity contribution in [1.82, 2.24) is 15.5 Å². The number of piperidine rings is 1. The third kappa shape index (κ3) is 3.90. The third-order valence-electron chi connectivity index (χ3n) is 5.65. The minimum Gasteiger partial charge on any atom is -0.346 e. The van der Waals surface area contributed by atoms with E-state index in [1.807, 2.05) is 13.0 Å². The molecule has 2 unspecified atom stereocenters. The molecule has 2 aliphatic heterocycles. The molecule has 1 fully saturated rings. The van der Waals surface area contributed by atoms with Crippen molar-refractivity contribution < 1.29 is 19.2 Å². The van der Waals surface area contributed by atoms with Crippen molar-refractivity contribution in [2.45, 2.75) is 38.4 Å². The Bertz CT molecular complexity index is 1150. The van der Waals surface area contributed by atoms with Gasteiger partial charge in [-0.1, -0.05) is 12.1 Å². The highest BCUT2D eigenvalue weighted by atomic mass is 16.2. The molecule has 2 heterocycles. The summed E-state index contributed by atoms with van der Waals surface area (Å²) in [6, 6.07) is 12.9. The zero-order valence-corrected chi connectivity index (χ0v) is 16.8. The van der Waals surface area contributed by atoms with E-state index in [0.29, 0.717) is 22.3 Å². The van der Waals surface area contributed by atoms with E-state index < -0.39 is 11.9 Å². The molecule has 31 heavy (non-hydrogen) atoms. The standard InChI is InChI=1S/C23H20N4O4/c1-13(15-4-2-3-14(9-15)11-24)25-21(29)16-5-6-18-17(10-16)12-27(23(18)31)19-7-8-20(28)26-22(19)30/h2-6,9-10,13,19H,7-8,12H2,1H3,(H,25,29)(H,26,28,30).